The Bertz CT molecular complexity index is 935. The zero-order valence-corrected chi connectivity index (χ0v) is 42.3. The van der Waals surface area contributed by atoms with Gasteiger partial charge in [-0.2, -0.15) is 0 Å². The van der Waals surface area contributed by atoms with Crippen molar-refractivity contribution in [3.05, 3.63) is 0 Å². The SMILES string of the molecule is CCCCCCCCCCCCCCCCCCCCCC(=O)O[C@H](COC(=O)CCCCCCCCCCCCCCCCC)COC(=O)CCCCCCCCC(C)CC. The van der Waals surface area contributed by atoms with E-state index in [1.807, 2.05) is 0 Å². The second-order valence-electron chi connectivity index (χ2n) is 19.5. The van der Waals surface area contributed by atoms with Crippen LogP contribution in [-0.4, -0.2) is 37.2 Å². The van der Waals surface area contributed by atoms with Crippen molar-refractivity contribution in [3.8, 4) is 0 Å². The van der Waals surface area contributed by atoms with Gasteiger partial charge in [0.1, 0.15) is 13.2 Å². The van der Waals surface area contributed by atoms with Crippen molar-refractivity contribution in [3.63, 3.8) is 0 Å². The van der Waals surface area contributed by atoms with E-state index in [4.69, 9.17) is 14.2 Å². The Morgan fingerprint density at radius 2 is 0.565 bits per heavy atom. The van der Waals surface area contributed by atoms with E-state index in [0.717, 1.165) is 63.7 Å². The van der Waals surface area contributed by atoms with Crippen LogP contribution < -0.4 is 0 Å². The molecule has 1 unspecified atom stereocenters. The van der Waals surface area contributed by atoms with Gasteiger partial charge in [0.25, 0.3) is 0 Å². The van der Waals surface area contributed by atoms with Crippen molar-refractivity contribution in [1.82, 2.24) is 0 Å². The summed E-state index contributed by atoms with van der Waals surface area (Å²) in [4.78, 5) is 38.0. The molecule has 6 heteroatoms. The molecule has 0 aliphatic rings. The second-order valence-corrected chi connectivity index (χ2v) is 19.5. The first-order valence-electron chi connectivity index (χ1n) is 27.9. The van der Waals surface area contributed by atoms with E-state index in [1.165, 1.54) is 212 Å². The van der Waals surface area contributed by atoms with Crippen molar-refractivity contribution >= 4 is 17.9 Å². The Balaban J connectivity index is 4.25. The molecule has 0 aromatic rings. The third kappa shape index (κ3) is 47.9. The maximum absolute atomic E-state index is 12.8. The second kappa shape index (κ2) is 50.4. The summed E-state index contributed by atoms with van der Waals surface area (Å²) in [6.45, 7) is 9.02. The van der Waals surface area contributed by atoms with E-state index >= 15 is 0 Å². The first kappa shape index (κ1) is 60.4. The summed E-state index contributed by atoms with van der Waals surface area (Å²) in [5.74, 6) is -0.0285. The average molecular weight is 877 g/mol. The summed E-state index contributed by atoms with van der Waals surface area (Å²) >= 11 is 0. The van der Waals surface area contributed by atoms with Crippen molar-refractivity contribution in [1.29, 1.82) is 0 Å². The highest BCUT2D eigenvalue weighted by atomic mass is 16.6. The van der Waals surface area contributed by atoms with Gasteiger partial charge in [-0.1, -0.05) is 278 Å². The summed E-state index contributed by atoms with van der Waals surface area (Å²) in [5, 5.41) is 0. The molecular formula is C56H108O6. The molecule has 368 valence electrons. The van der Waals surface area contributed by atoms with Gasteiger partial charge in [0, 0.05) is 19.3 Å². The van der Waals surface area contributed by atoms with Crippen LogP contribution in [0.25, 0.3) is 0 Å². The molecule has 6 nitrogen and oxygen atoms in total. The highest BCUT2D eigenvalue weighted by molar-refractivity contribution is 5.71. The molecule has 0 aliphatic heterocycles. The van der Waals surface area contributed by atoms with E-state index < -0.39 is 6.10 Å². The van der Waals surface area contributed by atoms with Gasteiger partial charge in [-0.25, -0.2) is 0 Å². The highest BCUT2D eigenvalue weighted by Crippen LogP contribution is 2.18. The van der Waals surface area contributed by atoms with Crippen LogP contribution in [0.1, 0.15) is 317 Å². The molecule has 62 heavy (non-hydrogen) atoms. The van der Waals surface area contributed by atoms with Crippen molar-refractivity contribution in [2.24, 2.45) is 5.92 Å². The lowest BCUT2D eigenvalue weighted by atomic mass is 10.00. The van der Waals surface area contributed by atoms with Gasteiger partial charge < -0.3 is 14.2 Å². The summed E-state index contributed by atoms with van der Waals surface area (Å²) in [6.07, 6.45) is 53.8. The Labute approximate surface area is 387 Å². The van der Waals surface area contributed by atoms with Gasteiger partial charge in [-0.3, -0.25) is 14.4 Å². The zero-order chi connectivity index (χ0) is 45.2. The van der Waals surface area contributed by atoms with Crippen molar-refractivity contribution in [2.45, 2.75) is 323 Å². The minimum absolute atomic E-state index is 0.0631. The van der Waals surface area contributed by atoms with Crippen LogP contribution in [0.15, 0.2) is 0 Å². The van der Waals surface area contributed by atoms with Gasteiger partial charge in [-0.15, -0.1) is 0 Å². The molecule has 0 rings (SSSR count). The van der Waals surface area contributed by atoms with Crippen LogP contribution in [0.2, 0.25) is 0 Å². The lowest BCUT2D eigenvalue weighted by Crippen LogP contribution is -2.30. The fraction of sp³-hybridized carbons (Fsp3) is 0.946. The normalized spacial score (nSPS) is 12.4. The van der Waals surface area contributed by atoms with Crippen LogP contribution in [0.3, 0.4) is 0 Å². The zero-order valence-electron chi connectivity index (χ0n) is 42.3. The molecule has 0 heterocycles. The predicted molar refractivity (Wildman–Crippen MR) is 266 cm³/mol. The number of ether oxygens (including phenoxy) is 3. The lowest BCUT2D eigenvalue weighted by Gasteiger charge is -2.18. The molecule has 0 saturated heterocycles. The smallest absolute Gasteiger partial charge is 0.306 e. The van der Waals surface area contributed by atoms with E-state index in [9.17, 15) is 14.4 Å². The number of rotatable bonds is 51. The topological polar surface area (TPSA) is 78.9 Å². The number of hydrogen-bond acceptors (Lipinski definition) is 6. The molecule has 2 atom stereocenters. The van der Waals surface area contributed by atoms with Gasteiger partial charge >= 0.3 is 17.9 Å². The van der Waals surface area contributed by atoms with Gasteiger partial charge in [0.2, 0.25) is 0 Å². The van der Waals surface area contributed by atoms with E-state index in [-0.39, 0.29) is 31.1 Å². The van der Waals surface area contributed by atoms with Crippen LogP contribution in [-0.2, 0) is 28.6 Å². The molecule has 0 saturated carbocycles. The van der Waals surface area contributed by atoms with Crippen LogP contribution in [0, 0.1) is 5.92 Å². The summed E-state index contributed by atoms with van der Waals surface area (Å²) in [7, 11) is 0. The van der Waals surface area contributed by atoms with Gasteiger partial charge in [0.15, 0.2) is 6.10 Å². The average Bonchev–Trinajstić information content (AvgIpc) is 3.27. The molecule has 0 aromatic carbocycles. The number of carbonyl (C=O) groups is 3. The number of unbranched alkanes of at least 4 members (excludes halogenated alkanes) is 37. The molecule has 0 bridgehead atoms. The molecule has 0 fully saturated rings. The summed E-state index contributed by atoms with van der Waals surface area (Å²) in [5.41, 5.74) is 0. The maximum atomic E-state index is 12.8. The molecule has 0 N–H and O–H groups in total. The van der Waals surface area contributed by atoms with E-state index in [1.54, 1.807) is 0 Å². The van der Waals surface area contributed by atoms with Crippen molar-refractivity contribution < 1.29 is 28.6 Å². The Hall–Kier alpha value is -1.59. The van der Waals surface area contributed by atoms with Crippen molar-refractivity contribution in [2.75, 3.05) is 13.2 Å². The standard InChI is InChI=1S/C56H108O6/c1-5-8-10-12-14-16-18-20-22-23-24-25-27-29-31-33-35-41-45-49-56(59)62-53(51-61-55(58)48-44-40-37-36-38-42-46-52(4)7-3)50-60-54(57)47-43-39-34-32-30-28-26-21-19-17-15-13-11-9-6-2/h52-53H,5-51H2,1-4H3/t52?,53-/m1/s1. The predicted octanol–water partition coefficient (Wildman–Crippen LogP) is 18.2. The first-order chi connectivity index (χ1) is 30.4. The quantitative estimate of drug-likeness (QED) is 0.0344. The number of esters is 3. The minimum atomic E-state index is -0.762. The van der Waals surface area contributed by atoms with E-state index in [0.29, 0.717) is 19.3 Å². The van der Waals surface area contributed by atoms with Crippen LogP contribution in [0.5, 0.6) is 0 Å². The third-order valence-electron chi connectivity index (χ3n) is 13.2. The molecule has 0 spiro atoms. The largest absolute Gasteiger partial charge is 0.462 e. The Kier molecular flexibility index (Phi) is 49.1. The molecule has 0 aliphatic carbocycles. The monoisotopic (exact) mass is 877 g/mol. The summed E-state index contributed by atoms with van der Waals surface area (Å²) < 4.78 is 16.8. The fourth-order valence-electron chi connectivity index (χ4n) is 8.54. The molecule has 0 radical (unpaired) electrons. The molecular weight excluding hydrogens is 769 g/mol. The minimum Gasteiger partial charge on any atom is -0.462 e. The Morgan fingerprint density at radius 1 is 0.323 bits per heavy atom. The van der Waals surface area contributed by atoms with E-state index in [2.05, 4.69) is 27.7 Å². The third-order valence-corrected chi connectivity index (χ3v) is 13.2. The molecule has 0 aromatic heterocycles. The van der Waals surface area contributed by atoms with Gasteiger partial charge in [0.05, 0.1) is 0 Å². The highest BCUT2D eigenvalue weighted by Gasteiger charge is 2.19. The summed E-state index contributed by atoms with van der Waals surface area (Å²) in [6, 6.07) is 0. The van der Waals surface area contributed by atoms with Crippen LogP contribution in [0.4, 0.5) is 0 Å². The lowest BCUT2D eigenvalue weighted by molar-refractivity contribution is -0.167. The fourth-order valence-corrected chi connectivity index (χ4v) is 8.54. The number of carbonyl (C=O) groups excluding carboxylic acids is 3. The maximum Gasteiger partial charge on any atom is 0.306 e. The first-order valence-corrected chi connectivity index (χ1v) is 27.9. The molecule has 0 amide bonds. The Morgan fingerprint density at radius 3 is 0.839 bits per heavy atom. The van der Waals surface area contributed by atoms with Crippen LogP contribution >= 0.6 is 0 Å². The number of hydrogen-bond donors (Lipinski definition) is 0. The van der Waals surface area contributed by atoms with Gasteiger partial charge in [-0.05, 0) is 25.2 Å².